The van der Waals surface area contributed by atoms with Crippen molar-refractivity contribution in [2.24, 2.45) is 11.8 Å². The van der Waals surface area contributed by atoms with Crippen molar-refractivity contribution in [3.63, 3.8) is 0 Å². The maximum atomic E-state index is 11.8. The molecule has 0 N–H and O–H groups in total. The summed E-state index contributed by atoms with van der Waals surface area (Å²) in [5.41, 5.74) is 0. The fraction of sp³-hybridized carbons (Fsp3) is 0.833. The fourth-order valence-corrected chi connectivity index (χ4v) is 2.89. The molecule has 0 saturated carbocycles. The first-order valence-corrected chi connectivity index (χ1v) is 8.55. The van der Waals surface area contributed by atoms with E-state index in [1.54, 1.807) is 7.11 Å². The van der Waals surface area contributed by atoms with Crippen molar-refractivity contribution in [3.8, 4) is 0 Å². The molecule has 122 valence electrons. The van der Waals surface area contributed by atoms with E-state index in [4.69, 9.17) is 9.47 Å². The zero-order valence-corrected chi connectivity index (χ0v) is 13.8. The Bertz CT molecular complexity index is 299. The van der Waals surface area contributed by atoms with Crippen molar-refractivity contribution in [3.05, 3.63) is 12.2 Å². The first kappa shape index (κ1) is 18.2. The summed E-state index contributed by atoms with van der Waals surface area (Å²) in [4.78, 5) is 11.8. The van der Waals surface area contributed by atoms with E-state index in [-0.39, 0.29) is 5.97 Å². The number of carbonyl (C=O) groups excluding carboxylic acids is 1. The Morgan fingerprint density at radius 2 is 2.19 bits per heavy atom. The second kappa shape index (κ2) is 11.8. The molecule has 0 aromatic heterocycles. The molecule has 0 amide bonds. The molecule has 1 aliphatic rings. The van der Waals surface area contributed by atoms with Gasteiger partial charge < -0.3 is 9.47 Å². The van der Waals surface area contributed by atoms with Crippen LogP contribution in [-0.4, -0.2) is 26.3 Å². The smallest absolute Gasteiger partial charge is 0.305 e. The lowest BCUT2D eigenvalue weighted by Gasteiger charge is -2.17. The molecule has 0 bridgehead atoms. The Labute approximate surface area is 130 Å². The summed E-state index contributed by atoms with van der Waals surface area (Å²) >= 11 is 0. The molecule has 0 saturated heterocycles. The third-order valence-corrected chi connectivity index (χ3v) is 4.29. The SMILES string of the molecule is CCCCC(CCOC(=O)CCC1CC=CCC1)COC. The maximum Gasteiger partial charge on any atom is 0.305 e. The second-order valence-electron chi connectivity index (χ2n) is 6.16. The zero-order chi connectivity index (χ0) is 15.3. The minimum atomic E-state index is -0.0313. The van der Waals surface area contributed by atoms with Crippen LogP contribution in [0.15, 0.2) is 12.2 Å². The van der Waals surface area contributed by atoms with E-state index in [9.17, 15) is 4.79 Å². The van der Waals surface area contributed by atoms with Crippen LogP contribution in [0, 0.1) is 11.8 Å². The number of unbranched alkanes of at least 4 members (excludes halogenated alkanes) is 1. The first-order valence-electron chi connectivity index (χ1n) is 8.55. The Hall–Kier alpha value is -0.830. The molecule has 0 aromatic carbocycles. The van der Waals surface area contributed by atoms with Gasteiger partial charge in [0.15, 0.2) is 0 Å². The quantitative estimate of drug-likeness (QED) is 0.416. The third-order valence-electron chi connectivity index (χ3n) is 4.29. The summed E-state index contributed by atoms with van der Waals surface area (Å²) in [6, 6.07) is 0. The monoisotopic (exact) mass is 296 g/mol. The van der Waals surface area contributed by atoms with Gasteiger partial charge in [0.05, 0.1) is 6.61 Å². The minimum Gasteiger partial charge on any atom is -0.466 e. The van der Waals surface area contributed by atoms with Gasteiger partial charge in [0, 0.05) is 20.1 Å². The highest BCUT2D eigenvalue weighted by molar-refractivity contribution is 5.69. The van der Waals surface area contributed by atoms with E-state index in [1.807, 2.05) is 0 Å². The molecular formula is C18H32O3. The van der Waals surface area contributed by atoms with Crippen molar-refractivity contribution < 1.29 is 14.3 Å². The summed E-state index contributed by atoms with van der Waals surface area (Å²) in [6.45, 7) is 3.51. The van der Waals surface area contributed by atoms with Crippen molar-refractivity contribution in [1.82, 2.24) is 0 Å². The molecule has 0 heterocycles. The predicted molar refractivity (Wildman–Crippen MR) is 86.2 cm³/mol. The fourth-order valence-electron chi connectivity index (χ4n) is 2.89. The van der Waals surface area contributed by atoms with Crippen LogP contribution < -0.4 is 0 Å². The number of hydrogen-bond acceptors (Lipinski definition) is 3. The molecule has 2 atom stereocenters. The van der Waals surface area contributed by atoms with Gasteiger partial charge in [-0.1, -0.05) is 31.9 Å². The summed E-state index contributed by atoms with van der Waals surface area (Å²) < 4.78 is 10.6. The lowest BCUT2D eigenvalue weighted by Crippen LogP contribution is -2.15. The molecule has 1 aliphatic carbocycles. The van der Waals surface area contributed by atoms with E-state index in [2.05, 4.69) is 19.1 Å². The van der Waals surface area contributed by atoms with E-state index >= 15 is 0 Å². The molecule has 3 heteroatoms. The van der Waals surface area contributed by atoms with E-state index in [1.165, 1.54) is 19.3 Å². The van der Waals surface area contributed by atoms with Crippen LogP contribution in [-0.2, 0) is 14.3 Å². The molecule has 3 nitrogen and oxygen atoms in total. The number of carbonyl (C=O) groups is 1. The van der Waals surface area contributed by atoms with E-state index < -0.39 is 0 Å². The summed E-state index contributed by atoms with van der Waals surface area (Å²) in [5.74, 6) is 1.16. The van der Waals surface area contributed by atoms with Crippen LogP contribution >= 0.6 is 0 Å². The lowest BCUT2D eigenvalue weighted by molar-refractivity contribution is -0.144. The Morgan fingerprint density at radius 1 is 1.33 bits per heavy atom. The van der Waals surface area contributed by atoms with E-state index in [0.717, 1.165) is 38.7 Å². The number of ether oxygens (including phenoxy) is 2. The summed E-state index contributed by atoms with van der Waals surface area (Å²) in [6.07, 6.45) is 14.0. The van der Waals surface area contributed by atoms with Gasteiger partial charge in [0.2, 0.25) is 0 Å². The molecule has 0 radical (unpaired) electrons. The van der Waals surface area contributed by atoms with Gasteiger partial charge in [0.25, 0.3) is 0 Å². The number of hydrogen-bond donors (Lipinski definition) is 0. The molecule has 2 unspecified atom stereocenters. The Morgan fingerprint density at radius 3 is 2.86 bits per heavy atom. The normalized spacial score (nSPS) is 19.4. The van der Waals surface area contributed by atoms with Crippen LogP contribution in [0.5, 0.6) is 0 Å². The third kappa shape index (κ3) is 8.92. The number of methoxy groups -OCH3 is 1. The van der Waals surface area contributed by atoms with Crippen molar-refractivity contribution in [1.29, 1.82) is 0 Å². The highest BCUT2D eigenvalue weighted by Crippen LogP contribution is 2.23. The highest BCUT2D eigenvalue weighted by Gasteiger charge is 2.14. The molecule has 0 aromatic rings. The number of allylic oxidation sites excluding steroid dienone is 2. The molecule has 21 heavy (non-hydrogen) atoms. The molecule has 1 rings (SSSR count). The summed E-state index contributed by atoms with van der Waals surface area (Å²) in [7, 11) is 1.74. The molecular weight excluding hydrogens is 264 g/mol. The number of rotatable bonds is 11. The Kier molecular flexibility index (Phi) is 10.2. The van der Waals surface area contributed by atoms with E-state index in [0.29, 0.717) is 24.9 Å². The first-order chi connectivity index (χ1) is 10.3. The van der Waals surface area contributed by atoms with Gasteiger partial charge in [-0.2, -0.15) is 0 Å². The average molecular weight is 296 g/mol. The van der Waals surface area contributed by atoms with Crippen LogP contribution in [0.2, 0.25) is 0 Å². The summed E-state index contributed by atoms with van der Waals surface area (Å²) in [5, 5.41) is 0. The molecule has 0 aliphatic heterocycles. The standard InChI is InChI=1S/C18H32O3/c1-3-4-8-17(15-20-2)13-14-21-18(19)12-11-16-9-6-5-7-10-16/h5-6,16-17H,3-4,7-15H2,1-2H3. The number of esters is 1. The van der Waals surface area contributed by atoms with Crippen LogP contribution in [0.25, 0.3) is 0 Å². The zero-order valence-electron chi connectivity index (χ0n) is 13.8. The van der Waals surface area contributed by atoms with Crippen molar-refractivity contribution in [2.45, 2.75) is 64.7 Å². The average Bonchev–Trinajstić information content (AvgIpc) is 2.51. The Balaban J connectivity index is 2.08. The van der Waals surface area contributed by atoms with Crippen LogP contribution in [0.1, 0.15) is 64.7 Å². The second-order valence-corrected chi connectivity index (χ2v) is 6.16. The lowest BCUT2D eigenvalue weighted by atomic mass is 9.90. The minimum absolute atomic E-state index is 0.0313. The van der Waals surface area contributed by atoms with Gasteiger partial charge in [-0.05, 0) is 50.4 Å². The predicted octanol–water partition coefficient (Wildman–Crippen LogP) is 4.51. The van der Waals surface area contributed by atoms with Crippen molar-refractivity contribution in [2.75, 3.05) is 20.3 Å². The van der Waals surface area contributed by atoms with Crippen molar-refractivity contribution >= 4 is 5.97 Å². The molecule has 0 spiro atoms. The van der Waals surface area contributed by atoms with Gasteiger partial charge in [0.1, 0.15) is 0 Å². The largest absolute Gasteiger partial charge is 0.466 e. The highest BCUT2D eigenvalue weighted by atomic mass is 16.5. The van der Waals surface area contributed by atoms with Gasteiger partial charge >= 0.3 is 5.97 Å². The topological polar surface area (TPSA) is 35.5 Å². The van der Waals surface area contributed by atoms with Gasteiger partial charge in [-0.25, -0.2) is 0 Å². The van der Waals surface area contributed by atoms with Gasteiger partial charge in [-0.3, -0.25) is 4.79 Å². The van der Waals surface area contributed by atoms with Gasteiger partial charge in [-0.15, -0.1) is 0 Å². The van der Waals surface area contributed by atoms with Crippen LogP contribution in [0.4, 0.5) is 0 Å². The van der Waals surface area contributed by atoms with Crippen LogP contribution in [0.3, 0.4) is 0 Å². The maximum absolute atomic E-state index is 11.8. The molecule has 0 fully saturated rings.